The first-order valence-corrected chi connectivity index (χ1v) is 5.25. The van der Waals surface area contributed by atoms with Gasteiger partial charge in [0.15, 0.2) is 0 Å². The second-order valence-corrected chi connectivity index (χ2v) is 4.24. The Labute approximate surface area is 85.8 Å². The van der Waals surface area contributed by atoms with Gasteiger partial charge in [-0.25, -0.2) is 9.37 Å². The van der Waals surface area contributed by atoms with Crippen LogP contribution in [0.15, 0.2) is 18.2 Å². The molecule has 1 atom stereocenters. The van der Waals surface area contributed by atoms with E-state index in [9.17, 15) is 4.39 Å². The van der Waals surface area contributed by atoms with Crippen LogP contribution in [0.5, 0.6) is 0 Å². The molecule has 0 radical (unpaired) electrons. The molecule has 0 fully saturated rings. The molecular formula is C10H11FN2S. The average molecular weight is 210 g/mol. The lowest BCUT2D eigenvalue weighted by Crippen LogP contribution is -2.11. The maximum Gasteiger partial charge on any atom is 0.124 e. The van der Waals surface area contributed by atoms with Crippen molar-refractivity contribution in [3.63, 3.8) is 0 Å². The van der Waals surface area contributed by atoms with E-state index in [0.717, 1.165) is 15.2 Å². The highest BCUT2D eigenvalue weighted by Gasteiger charge is 2.09. The van der Waals surface area contributed by atoms with Crippen molar-refractivity contribution in [2.24, 2.45) is 0 Å². The van der Waals surface area contributed by atoms with Gasteiger partial charge in [0.2, 0.25) is 0 Å². The van der Waals surface area contributed by atoms with Crippen LogP contribution in [0, 0.1) is 5.82 Å². The van der Waals surface area contributed by atoms with Gasteiger partial charge in [-0.15, -0.1) is 11.3 Å². The molecule has 0 saturated heterocycles. The molecule has 0 amide bonds. The number of nitrogens with one attached hydrogen (secondary N) is 1. The molecule has 14 heavy (non-hydrogen) atoms. The van der Waals surface area contributed by atoms with Gasteiger partial charge in [-0.1, -0.05) is 0 Å². The Morgan fingerprint density at radius 2 is 2.29 bits per heavy atom. The summed E-state index contributed by atoms with van der Waals surface area (Å²) in [6.07, 6.45) is 0. The van der Waals surface area contributed by atoms with Gasteiger partial charge in [-0.3, -0.25) is 0 Å². The third-order valence-corrected chi connectivity index (χ3v) is 3.37. The predicted molar refractivity (Wildman–Crippen MR) is 57.1 cm³/mol. The quantitative estimate of drug-likeness (QED) is 0.824. The number of fused-ring (bicyclic) bond motifs is 1. The number of benzene rings is 1. The van der Waals surface area contributed by atoms with E-state index in [1.807, 2.05) is 14.0 Å². The van der Waals surface area contributed by atoms with Gasteiger partial charge in [-0.2, -0.15) is 0 Å². The first-order chi connectivity index (χ1) is 6.70. The Morgan fingerprint density at radius 3 is 3.00 bits per heavy atom. The molecule has 0 spiro atoms. The van der Waals surface area contributed by atoms with Gasteiger partial charge >= 0.3 is 0 Å². The van der Waals surface area contributed by atoms with Crippen LogP contribution >= 0.6 is 11.3 Å². The van der Waals surface area contributed by atoms with E-state index in [1.165, 1.54) is 23.5 Å². The summed E-state index contributed by atoms with van der Waals surface area (Å²) < 4.78 is 13.8. The zero-order chi connectivity index (χ0) is 10.1. The van der Waals surface area contributed by atoms with E-state index in [1.54, 1.807) is 6.07 Å². The molecule has 4 heteroatoms. The lowest BCUT2D eigenvalue weighted by Gasteiger charge is -2.03. The van der Waals surface area contributed by atoms with Gasteiger partial charge in [0, 0.05) is 0 Å². The summed E-state index contributed by atoms with van der Waals surface area (Å²) in [5, 5.41) is 4.10. The maximum atomic E-state index is 12.9. The normalized spacial score (nSPS) is 13.4. The lowest BCUT2D eigenvalue weighted by molar-refractivity contribution is 0.630. The fourth-order valence-corrected chi connectivity index (χ4v) is 2.28. The van der Waals surface area contributed by atoms with E-state index in [2.05, 4.69) is 10.3 Å². The fourth-order valence-electron chi connectivity index (χ4n) is 1.22. The third-order valence-electron chi connectivity index (χ3n) is 2.17. The van der Waals surface area contributed by atoms with Crippen molar-refractivity contribution in [3.05, 3.63) is 29.0 Å². The van der Waals surface area contributed by atoms with Crippen LogP contribution < -0.4 is 5.32 Å². The van der Waals surface area contributed by atoms with E-state index >= 15 is 0 Å². The maximum absolute atomic E-state index is 12.9. The average Bonchev–Trinajstić information content (AvgIpc) is 2.59. The number of hydrogen-bond acceptors (Lipinski definition) is 3. The van der Waals surface area contributed by atoms with E-state index in [4.69, 9.17) is 0 Å². The molecule has 1 heterocycles. The number of nitrogens with zero attached hydrogens (tertiary/aromatic N) is 1. The van der Waals surface area contributed by atoms with Crippen molar-refractivity contribution in [2.45, 2.75) is 13.0 Å². The largest absolute Gasteiger partial charge is 0.311 e. The second kappa shape index (κ2) is 3.63. The van der Waals surface area contributed by atoms with Gasteiger partial charge < -0.3 is 5.32 Å². The van der Waals surface area contributed by atoms with Crippen molar-refractivity contribution >= 4 is 21.6 Å². The number of hydrogen-bond donors (Lipinski definition) is 1. The molecule has 0 aliphatic carbocycles. The molecular weight excluding hydrogens is 199 g/mol. The third kappa shape index (κ3) is 1.63. The summed E-state index contributed by atoms with van der Waals surface area (Å²) in [4.78, 5) is 4.41. The number of halogens is 1. The van der Waals surface area contributed by atoms with Gasteiger partial charge in [0.05, 0.1) is 16.3 Å². The van der Waals surface area contributed by atoms with Crippen LogP contribution in [0.4, 0.5) is 4.39 Å². The molecule has 0 aliphatic heterocycles. The molecule has 1 aromatic carbocycles. The number of thiazole rings is 1. The molecule has 1 unspecified atom stereocenters. The van der Waals surface area contributed by atoms with Crippen LogP contribution in [0.1, 0.15) is 18.0 Å². The molecule has 1 N–H and O–H groups in total. The van der Waals surface area contributed by atoms with Crippen molar-refractivity contribution in [2.75, 3.05) is 7.05 Å². The Balaban J connectivity index is 2.51. The minimum Gasteiger partial charge on any atom is -0.311 e. The van der Waals surface area contributed by atoms with Gasteiger partial charge in [0.25, 0.3) is 0 Å². The van der Waals surface area contributed by atoms with Crippen LogP contribution in [0.3, 0.4) is 0 Å². The van der Waals surface area contributed by atoms with Crippen molar-refractivity contribution in [1.29, 1.82) is 0 Å². The first kappa shape index (κ1) is 9.55. The predicted octanol–water partition coefficient (Wildman–Crippen LogP) is 2.72. The Bertz CT molecular complexity index is 452. The van der Waals surface area contributed by atoms with Gasteiger partial charge in [-0.05, 0) is 32.2 Å². The summed E-state index contributed by atoms with van der Waals surface area (Å²) >= 11 is 1.53. The summed E-state index contributed by atoms with van der Waals surface area (Å²) in [6, 6.07) is 4.90. The number of aromatic nitrogens is 1. The Hall–Kier alpha value is -1.000. The molecule has 0 bridgehead atoms. The van der Waals surface area contributed by atoms with E-state index < -0.39 is 0 Å². The van der Waals surface area contributed by atoms with Crippen molar-refractivity contribution in [1.82, 2.24) is 10.3 Å². The zero-order valence-electron chi connectivity index (χ0n) is 8.04. The molecule has 2 rings (SSSR count). The van der Waals surface area contributed by atoms with Crippen LogP contribution in [-0.4, -0.2) is 12.0 Å². The van der Waals surface area contributed by atoms with Crippen molar-refractivity contribution < 1.29 is 4.39 Å². The smallest absolute Gasteiger partial charge is 0.124 e. The van der Waals surface area contributed by atoms with Crippen LogP contribution in [0.25, 0.3) is 10.2 Å². The van der Waals surface area contributed by atoms with E-state index in [-0.39, 0.29) is 11.9 Å². The van der Waals surface area contributed by atoms with Crippen LogP contribution in [-0.2, 0) is 0 Å². The lowest BCUT2D eigenvalue weighted by atomic mass is 10.3. The molecule has 0 aliphatic rings. The summed E-state index contributed by atoms with van der Waals surface area (Å²) in [5.41, 5.74) is 0.869. The highest BCUT2D eigenvalue weighted by molar-refractivity contribution is 7.18. The van der Waals surface area contributed by atoms with Gasteiger partial charge in [0.1, 0.15) is 10.8 Å². The highest BCUT2D eigenvalue weighted by atomic mass is 32.1. The second-order valence-electron chi connectivity index (χ2n) is 3.17. The molecule has 2 nitrogen and oxygen atoms in total. The summed E-state index contributed by atoms with van der Waals surface area (Å²) in [5.74, 6) is -0.204. The summed E-state index contributed by atoms with van der Waals surface area (Å²) in [6.45, 7) is 2.04. The summed E-state index contributed by atoms with van der Waals surface area (Å²) in [7, 11) is 1.89. The van der Waals surface area contributed by atoms with Crippen molar-refractivity contribution in [3.8, 4) is 0 Å². The van der Waals surface area contributed by atoms with Crippen LogP contribution in [0.2, 0.25) is 0 Å². The monoisotopic (exact) mass is 210 g/mol. The molecule has 0 saturated carbocycles. The first-order valence-electron chi connectivity index (χ1n) is 4.44. The highest BCUT2D eigenvalue weighted by Crippen LogP contribution is 2.26. The Kier molecular flexibility index (Phi) is 2.48. The SMILES string of the molecule is CNC(C)c1nc2ccc(F)cc2s1. The molecule has 2 aromatic rings. The topological polar surface area (TPSA) is 24.9 Å². The standard InChI is InChI=1S/C10H11FN2S/c1-6(12-2)10-13-8-4-3-7(11)5-9(8)14-10/h3-6,12H,1-2H3. The number of rotatable bonds is 2. The minimum absolute atomic E-state index is 0.204. The molecule has 74 valence electrons. The zero-order valence-corrected chi connectivity index (χ0v) is 8.86. The molecule has 1 aromatic heterocycles. The Morgan fingerprint density at radius 1 is 1.50 bits per heavy atom. The fraction of sp³-hybridized carbons (Fsp3) is 0.300. The van der Waals surface area contributed by atoms with E-state index in [0.29, 0.717) is 0 Å². The minimum atomic E-state index is -0.204.